The third-order valence-corrected chi connectivity index (χ3v) is 9.49. The third kappa shape index (κ3) is 14.6. The van der Waals surface area contributed by atoms with E-state index in [1.165, 1.54) is 29.7 Å². The van der Waals surface area contributed by atoms with Gasteiger partial charge in [-0.3, -0.25) is 5.43 Å². The molecule has 1 unspecified atom stereocenters. The number of benzene rings is 4. The molecule has 320 valence electrons. The molecule has 1 N–H and O–H groups in total. The Morgan fingerprint density at radius 1 is 0.726 bits per heavy atom. The third-order valence-electron chi connectivity index (χ3n) is 8.55. The number of nitrogens with zero attached hydrogens (tertiary/aromatic N) is 2. The Kier molecular flexibility index (Phi) is 17.5. The SMILES string of the molecule is C=CC(=O)OCOc1ccc(C(=O)OCCc2ccc(OC(=O)c3ccc(OCCCCC(COC(=O)C=C)OC(=O)C=C)cc3)c(/C=N/Nc3nc4ccccc4s3)c2)cc1. The van der Waals surface area contributed by atoms with Crippen molar-refractivity contribution in [2.75, 3.05) is 32.0 Å². The van der Waals surface area contributed by atoms with Crippen molar-refractivity contribution >= 4 is 62.7 Å². The molecule has 15 nitrogen and oxygen atoms in total. The first-order chi connectivity index (χ1) is 30.1. The zero-order valence-electron chi connectivity index (χ0n) is 33.5. The maximum absolute atomic E-state index is 13.3. The van der Waals surface area contributed by atoms with E-state index in [-0.39, 0.29) is 31.3 Å². The van der Waals surface area contributed by atoms with Crippen LogP contribution in [-0.4, -0.2) is 73.8 Å². The Hall–Kier alpha value is -7.59. The summed E-state index contributed by atoms with van der Waals surface area (Å²) in [7, 11) is 0. The van der Waals surface area contributed by atoms with Gasteiger partial charge in [-0.15, -0.1) is 0 Å². The van der Waals surface area contributed by atoms with E-state index in [4.69, 9.17) is 33.2 Å². The standard InChI is InChI=1S/C46H43N3O12S/c1-4-41(50)57-29-37(60-43(52)6-3)11-9-10-25-55-35-19-17-33(18-20-35)45(54)61-39-23-14-31(27-34(39)28-47-49-46-48-38-12-7-8-13-40(38)62-46)24-26-56-44(53)32-15-21-36(22-16-32)58-30-59-42(51)5-2/h4-8,12-23,27-28,37H,1-3,9-11,24-26,29-30H2,(H,48,49)/b47-28+. The quantitative estimate of drug-likeness (QED) is 0.00925. The predicted molar refractivity (Wildman–Crippen MR) is 231 cm³/mol. The van der Waals surface area contributed by atoms with Crippen molar-refractivity contribution in [3.63, 3.8) is 0 Å². The zero-order valence-corrected chi connectivity index (χ0v) is 34.3. The molecule has 1 aromatic heterocycles. The van der Waals surface area contributed by atoms with Crippen molar-refractivity contribution in [3.05, 3.63) is 151 Å². The number of hydrogen-bond acceptors (Lipinski definition) is 16. The lowest BCUT2D eigenvalue weighted by molar-refractivity contribution is -0.153. The van der Waals surface area contributed by atoms with E-state index >= 15 is 0 Å². The maximum Gasteiger partial charge on any atom is 0.343 e. The molecule has 0 spiro atoms. The number of thiazole rings is 1. The first-order valence-electron chi connectivity index (χ1n) is 19.2. The second-order valence-corrected chi connectivity index (χ2v) is 14.0. The summed E-state index contributed by atoms with van der Waals surface area (Å²) in [6.45, 7) is 10.1. The van der Waals surface area contributed by atoms with E-state index in [0.717, 1.165) is 34.0 Å². The maximum atomic E-state index is 13.3. The van der Waals surface area contributed by atoms with Crippen LogP contribution in [0.4, 0.5) is 5.13 Å². The van der Waals surface area contributed by atoms with Crippen LogP contribution < -0.4 is 19.6 Å². The Morgan fingerprint density at radius 3 is 2.11 bits per heavy atom. The van der Waals surface area contributed by atoms with Crippen molar-refractivity contribution in [1.82, 2.24) is 4.98 Å². The van der Waals surface area contributed by atoms with Crippen molar-refractivity contribution in [2.24, 2.45) is 5.10 Å². The van der Waals surface area contributed by atoms with Gasteiger partial charge >= 0.3 is 29.8 Å². The highest BCUT2D eigenvalue weighted by Crippen LogP contribution is 2.26. The first kappa shape index (κ1) is 45.5. The smallest absolute Gasteiger partial charge is 0.343 e. The van der Waals surface area contributed by atoms with E-state index < -0.39 is 36.0 Å². The molecule has 0 bridgehead atoms. The van der Waals surface area contributed by atoms with Crippen LogP contribution in [0.25, 0.3) is 10.2 Å². The summed E-state index contributed by atoms with van der Waals surface area (Å²) in [4.78, 5) is 64.9. The highest BCUT2D eigenvalue weighted by molar-refractivity contribution is 7.22. The number of unbranched alkanes of at least 4 members (excludes halogenated alkanes) is 1. The number of anilines is 1. The van der Waals surface area contributed by atoms with Gasteiger partial charge in [0.05, 0.1) is 40.8 Å². The van der Waals surface area contributed by atoms with Crippen molar-refractivity contribution < 1.29 is 57.1 Å². The molecule has 5 aromatic rings. The molecule has 4 aromatic carbocycles. The molecule has 5 rings (SSSR count). The lowest BCUT2D eigenvalue weighted by Gasteiger charge is -2.16. The molecule has 0 saturated heterocycles. The van der Waals surface area contributed by atoms with Gasteiger partial charge in [-0.2, -0.15) is 5.10 Å². The Labute approximate surface area is 361 Å². The van der Waals surface area contributed by atoms with Gasteiger partial charge < -0.3 is 33.2 Å². The van der Waals surface area contributed by atoms with Crippen molar-refractivity contribution in [1.29, 1.82) is 0 Å². The average Bonchev–Trinajstić information content (AvgIpc) is 3.71. The second-order valence-electron chi connectivity index (χ2n) is 12.9. The van der Waals surface area contributed by atoms with Crippen molar-refractivity contribution in [2.45, 2.75) is 31.8 Å². The van der Waals surface area contributed by atoms with Crippen molar-refractivity contribution in [3.8, 4) is 17.2 Å². The molecule has 62 heavy (non-hydrogen) atoms. The van der Waals surface area contributed by atoms with Crippen LogP contribution in [0.5, 0.6) is 17.2 Å². The number of esters is 5. The first-order valence-corrected chi connectivity index (χ1v) is 20.0. The average molecular weight is 862 g/mol. The molecule has 0 saturated carbocycles. The predicted octanol–water partition coefficient (Wildman–Crippen LogP) is 7.80. The largest absolute Gasteiger partial charge is 0.494 e. The van der Waals surface area contributed by atoms with Crippen LogP contribution in [-0.2, 0) is 39.8 Å². The number of hydrazone groups is 1. The van der Waals surface area contributed by atoms with Crippen LogP contribution in [0.3, 0.4) is 0 Å². The lowest BCUT2D eigenvalue weighted by atomic mass is 10.1. The summed E-state index contributed by atoms with van der Waals surface area (Å²) >= 11 is 1.44. The summed E-state index contributed by atoms with van der Waals surface area (Å²) in [6.07, 6.45) is 5.98. The number of nitrogens with one attached hydrogen (secondary N) is 1. The number of carbonyl (C=O) groups excluding carboxylic acids is 5. The number of para-hydroxylation sites is 1. The normalized spacial score (nSPS) is 11.2. The minimum absolute atomic E-state index is 0.0571. The summed E-state index contributed by atoms with van der Waals surface area (Å²) in [5.41, 5.74) is 5.61. The second kappa shape index (κ2) is 23.9. The summed E-state index contributed by atoms with van der Waals surface area (Å²) in [5, 5.41) is 4.94. The van der Waals surface area contributed by atoms with Gasteiger partial charge in [-0.05, 0) is 97.6 Å². The van der Waals surface area contributed by atoms with E-state index in [1.54, 1.807) is 54.6 Å². The van der Waals surface area contributed by atoms with E-state index in [1.807, 2.05) is 24.3 Å². The van der Waals surface area contributed by atoms with Gasteiger partial charge in [-0.1, -0.05) is 49.3 Å². The van der Waals surface area contributed by atoms with Crippen LogP contribution >= 0.6 is 11.3 Å². The Bertz CT molecular complexity index is 2360. The van der Waals surface area contributed by atoms with Crippen LogP contribution in [0, 0.1) is 0 Å². The topological polar surface area (TPSA) is 187 Å². The number of carbonyl (C=O) groups is 5. The summed E-state index contributed by atoms with van der Waals surface area (Å²) < 4.78 is 38.5. The van der Waals surface area contributed by atoms with Gasteiger partial charge in [-0.25, -0.2) is 29.0 Å². The highest BCUT2D eigenvalue weighted by Gasteiger charge is 2.16. The molecule has 16 heteroatoms. The Morgan fingerprint density at radius 2 is 1.40 bits per heavy atom. The lowest BCUT2D eigenvalue weighted by Crippen LogP contribution is -2.24. The number of aromatic nitrogens is 1. The summed E-state index contributed by atoms with van der Waals surface area (Å²) in [6, 6.07) is 25.5. The molecule has 1 heterocycles. The number of fused-ring (bicyclic) bond motifs is 1. The van der Waals surface area contributed by atoms with Crippen LogP contribution in [0.1, 0.15) is 51.1 Å². The van der Waals surface area contributed by atoms with E-state index in [9.17, 15) is 24.0 Å². The fourth-order valence-corrected chi connectivity index (χ4v) is 6.22. The van der Waals surface area contributed by atoms with E-state index in [2.05, 4.69) is 35.2 Å². The van der Waals surface area contributed by atoms with Gasteiger partial charge in [0.1, 0.15) is 30.0 Å². The van der Waals surface area contributed by atoms with E-state index in [0.29, 0.717) is 60.0 Å². The molecule has 0 fully saturated rings. The van der Waals surface area contributed by atoms with Crippen LogP contribution in [0.15, 0.2) is 134 Å². The molecular weight excluding hydrogens is 819 g/mol. The molecule has 0 aliphatic rings. The number of ether oxygens (including phenoxy) is 7. The fraction of sp³-hybridized carbons (Fsp3) is 0.196. The molecule has 0 aliphatic heterocycles. The van der Waals surface area contributed by atoms with Gasteiger partial charge in [0, 0.05) is 30.2 Å². The minimum atomic E-state index is -0.639. The van der Waals surface area contributed by atoms with Gasteiger partial charge in [0.25, 0.3) is 0 Å². The zero-order chi connectivity index (χ0) is 44.1. The van der Waals surface area contributed by atoms with Gasteiger partial charge in [0.15, 0.2) is 0 Å². The summed E-state index contributed by atoms with van der Waals surface area (Å²) in [5.74, 6) is -1.84. The number of hydrogen-bond donors (Lipinski definition) is 1. The monoisotopic (exact) mass is 861 g/mol. The number of rotatable bonds is 24. The molecular formula is C46H43N3O12S. The molecule has 1 atom stereocenters. The minimum Gasteiger partial charge on any atom is -0.494 e. The van der Waals surface area contributed by atoms with Crippen LogP contribution in [0.2, 0.25) is 0 Å². The molecule has 0 aliphatic carbocycles. The fourth-order valence-electron chi connectivity index (χ4n) is 5.40. The molecule has 0 amide bonds. The Balaban J connectivity index is 1.16. The van der Waals surface area contributed by atoms with Gasteiger partial charge in [0.2, 0.25) is 11.9 Å². The molecule has 0 radical (unpaired) electrons. The highest BCUT2D eigenvalue weighted by atomic mass is 32.1.